The van der Waals surface area contributed by atoms with Crippen LogP contribution in [0.4, 0.5) is 0 Å². The quantitative estimate of drug-likeness (QED) is 0.259. The van der Waals surface area contributed by atoms with Crippen LogP contribution in [0, 0.1) is 5.21 Å². The van der Waals surface area contributed by atoms with E-state index in [9.17, 15) is 10.0 Å². The molecule has 1 aromatic rings. The lowest BCUT2D eigenvalue weighted by molar-refractivity contribution is -0.534. The molecule has 0 saturated carbocycles. The number of hydrogen-bond acceptors (Lipinski definition) is 3. The predicted octanol–water partition coefficient (Wildman–Crippen LogP) is 1.96. The van der Waals surface area contributed by atoms with Crippen molar-refractivity contribution in [2.24, 2.45) is 0 Å². The molecule has 4 heteroatoms. The molecule has 4 nitrogen and oxygen atoms in total. The first-order valence-corrected chi connectivity index (χ1v) is 5.36. The van der Waals surface area contributed by atoms with Gasteiger partial charge in [-0.05, 0) is 12.1 Å². The smallest absolute Gasteiger partial charge is 0.404 e. The van der Waals surface area contributed by atoms with Crippen LogP contribution in [0.5, 0.6) is 0 Å². The van der Waals surface area contributed by atoms with Crippen molar-refractivity contribution in [3.8, 4) is 0 Å². The number of carbonyl (C=O) groups is 1. The maximum atomic E-state index is 12.1. The molecule has 17 heavy (non-hydrogen) atoms. The zero-order valence-corrected chi connectivity index (χ0v) is 10.6. The summed E-state index contributed by atoms with van der Waals surface area (Å²) in [5.41, 5.74) is -0.107. The van der Waals surface area contributed by atoms with Crippen molar-refractivity contribution in [1.29, 1.82) is 0 Å². The van der Waals surface area contributed by atoms with Gasteiger partial charge in [-0.15, -0.1) is 0 Å². The molecule has 0 amide bonds. The molecule has 92 valence electrons. The highest BCUT2D eigenvalue weighted by molar-refractivity contribution is 6.41. The summed E-state index contributed by atoms with van der Waals surface area (Å²) in [7, 11) is 1.27. The number of benzene rings is 1. The molecule has 0 heterocycles. The normalized spacial score (nSPS) is 12.9. The molecule has 1 rings (SSSR count). The summed E-state index contributed by atoms with van der Waals surface area (Å²) < 4.78 is 5.35. The van der Waals surface area contributed by atoms with Gasteiger partial charge in [-0.2, -0.15) is 4.74 Å². The Balaban J connectivity index is 3.38. The number of carbonyl (C=O) groups excluding carboxylic acids is 1. The van der Waals surface area contributed by atoms with E-state index in [0.29, 0.717) is 10.3 Å². The molecule has 0 aromatic heterocycles. The Kier molecular flexibility index (Phi) is 3.89. The Morgan fingerprint density at radius 3 is 2.18 bits per heavy atom. The van der Waals surface area contributed by atoms with Gasteiger partial charge >= 0.3 is 11.7 Å². The minimum absolute atomic E-state index is 0.0283. The van der Waals surface area contributed by atoms with Gasteiger partial charge in [-0.25, -0.2) is 4.79 Å². The van der Waals surface area contributed by atoms with Gasteiger partial charge in [0.15, 0.2) is 5.54 Å². The lowest BCUT2D eigenvalue weighted by Gasteiger charge is -2.21. The van der Waals surface area contributed by atoms with Crippen molar-refractivity contribution in [2.75, 3.05) is 7.11 Å². The van der Waals surface area contributed by atoms with Crippen LogP contribution in [-0.2, 0) is 9.53 Å². The van der Waals surface area contributed by atoms with Gasteiger partial charge in [0.05, 0.1) is 12.7 Å². The Morgan fingerprint density at radius 1 is 1.24 bits per heavy atom. The largest absolute Gasteiger partial charge is 0.623 e. The summed E-state index contributed by atoms with van der Waals surface area (Å²) in [6.45, 7) is 5.23. The zero-order valence-electron chi connectivity index (χ0n) is 10.6. The van der Waals surface area contributed by atoms with Gasteiger partial charge in [-0.1, -0.05) is 18.2 Å². The zero-order chi connectivity index (χ0) is 13.1. The highest BCUT2D eigenvalue weighted by Gasteiger charge is 2.30. The Bertz CT molecular complexity index is 430. The number of nitrogens with zero attached hydrogens (tertiary/aromatic N) is 1. The van der Waals surface area contributed by atoms with Crippen LogP contribution >= 0.6 is 0 Å². The third-order valence-electron chi connectivity index (χ3n) is 2.24. The van der Waals surface area contributed by atoms with Crippen molar-refractivity contribution in [2.45, 2.75) is 26.3 Å². The lowest BCUT2D eigenvalue weighted by atomic mass is 10.1. The third kappa shape index (κ3) is 3.06. The number of hydrogen-bond donors (Lipinski definition) is 0. The highest BCUT2D eigenvalue weighted by atomic mass is 16.5. The standard InChI is InChI=1S/C13H17NO3/c1-13(2,3)14(16)11(12(15)17-4)10-8-6-5-7-9-10/h5-9H,1-4H3. The summed E-state index contributed by atoms with van der Waals surface area (Å²) in [6.07, 6.45) is 0. The molecule has 1 aromatic carbocycles. The number of hydroxylamine groups is 1. The van der Waals surface area contributed by atoms with E-state index < -0.39 is 11.5 Å². The van der Waals surface area contributed by atoms with E-state index in [2.05, 4.69) is 4.74 Å². The number of esters is 1. The maximum Gasteiger partial charge on any atom is 0.404 e. The monoisotopic (exact) mass is 235 g/mol. The topological polar surface area (TPSA) is 52.4 Å². The van der Waals surface area contributed by atoms with Crippen LogP contribution in [0.15, 0.2) is 30.3 Å². The van der Waals surface area contributed by atoms with E-state index in [1.807, 2.05) is 6.07 Å². The highest BCUT2D eigenvalue weighted by Crippen LogP contribution is 2.11. The van der Waals surface area contributed by atoms with Crippen molar-refractivity contribution >= 4 is 11.7 Å². The molecule has 0 N–H and O–H groups in total. The molecule has 0 bridgehead atoms. The van der Waals surface area contributed by atoms with Crippen LogP contribution < -0.4 is 0 Å². The average Bonchev–Trinajstić information content (AvgIpc) is 2.29. The van der Waals surface area contributed by atoms with Crippen LogP contribution in [-0.4, -0.2) is 29.1 Å². The second kappa shape index (κ2) is 4.99. The molecule has 0 atom stereocenters. The van der Waals surface area contributed by atoms with Gasteiger partial charge < -0.3 is 9.94 Å². The molecular weight excluding hydrogens is 218 g/mol. The van der Waals surface area contributed by atoms with Gasteiger partial charge in [-0.3, -0.25) is 0 Å². The summed E-state index contributed by atoms with van der Waals surface area (Å²) in [6, 6.07) is 8.79. The van der Waals surface area contributed by atoms with Gasteiger partial charge in [0.2, 0.25) is 0 Å². The fourth-order valence-electron chi connectivity index (χ4n) is 1.35. The summed E-state index contributed by atoms with van der Waals surface area (Å²) >= 11 is 0. The van der Waals surface area contributed by atoms with Gasteiger partial charge in [0.1, 0.15) is 0 Å². The number of methoxy groups -OCH3 is 1. The minimum atomic E-state index is -0.695. The van der Waals surface area contributed by atoms with Crippen molar-refractivity contribution in [3.05, 3.63) is 41.1 Å². The Morgan fingerprint density at radius 2 is 1.76 bits per heavy atom. The number of ether oxygens (including phenoxy) is 1. The molecule has 0 spiro atoms. The summed E-state index contributed by atoms with van der Waals surface area (Å²) in [5, 5.41) is 12.1. The fraction of sp³-hybridized carbons (Fsp3) is 0.385. The molecular formula is C13H17NO3. The second-order valence-corrected chi connectivity index (χ2v) is 4.67. The minimum Gasteiger partial charge on any atom is -0.623 e. The van der Waals surface area contributed by atoms with E-state index in [0.717, 1.165) is 0 Å². The first-order valence-electron chi connectivity index (χ1n) is 5.36. The molecule has 0 saturated heterocycles. The van der Waals surface area contributed by atoms with Crippen LogP contribution in [0.2, 0.25) is 0 Å². The molecule has 0 aliphatic heterocycles. The molecule has 0 unspecified atom stereocenters. The SMILES string of the molecule is COC(=O)C(c1ccccc1)=[N+]([O-])C(C)(C)C. The van der Waals surface area contributed by atoms with Crippen molar-refractivity contribution in [1.82, 2.24) is 0 Å². The van der Waals surface area contributed by atoms with E-state index >= 15 is 0 Å². The lowest BCUT2D eigenvalue weighted by Crippen LogP contribution is -2.38. The fourth-order valence-corrected chi connectivity index (χ4v) is 1.35. The van der Waals surface area contributed by atoms with Crippen molar-refractivity contribution in [3.63, 3.8) is 0 Å². The van der Waals surface area contributed by atoms with E-state index in [1.165, 1.54) is 7.11 Å². The van der Waals surface area contributed by atoms with Crippen molar-refractivity contribution < 1.29 is 14.3 Å². The third-order valence-corrected chi connectivity index (χ3v) is 2.24. The first-order chi connectivity index (χ1) is 7.88. The summed E-state index contributed by atoms with van der Waals surface area (Å²) in [5.74, 6) is -0.624. The molecule has 0 aliphatic carbocycles. The van der Waals surface area contributed by atoms with Gasteiger partial charge in [0.25, 0.3) is 0 Å². The Hall–Kier alpha value is -1.84. The predicted molar refractivity (Wildman–Crippen MR) is 65.9 cm³/mol. The van der Waals surface area contributed by atoms with E-state index in [4.69, 9.17) is 0 Å². The van der Waals surface area contributed by atoms with Gasteiger partial charge in [0, 0.05) is 20.8 Å². The first kappa shape index (κ1) is 13.2. The van der Waals surface area contributed by atoms with E-state index in [1.54, 1.807) is 45.0 Å². The maximum absolute atomic E-state index is 12.1. The Labute approximate surface area is 101 Å². The molecule has 0 aliphatic rings. The number of rotatable bonds is 2. The molecule has 0 fully saturated rings. The average molecular weight is 235 g/mol. The van der Waals surface area contributed by atoms with Crippen LogP contribution in [0.25, 0.3) is 0 Å². The second-order valence-electron chi connectivity index (χ2n) is 4.67. The molecule has 0 radical (unpaired) electrons. The van der Waals surface area contributed by atoms with Crippen LogP contribution in [0.1, 0.15) is 26.3 Å². The van der Waals surface area contributed by atoms with Crippen LogP contribution in [0.3, 0.4) is 0 Å². The summed E-state index contributed by atoms with van der Waals surface area (Å²) in [4.78, 5) is 11.7. The van der Waals surface area contributed by atoms with E-state index in [-0.39, 0.29) is 5.71 Å².